The van der Waals surface area contributed by atoms with Crippen molar-refractivity contribution < 1.29 is 9.59 Å². The summed E-state index contributed by atoms with van der Waals surface area (Å²) in [5.41, 5.74) is 1.48. The van der Waals surface area contributed by atoms with E-state index >= 15 is 0 Å². The van der Waals surface area contributed by atoms with Crippen LogP contribution in [0.4, 0.5) is 11.4 Å². The number of benzene rings is 2. The number of amides is 2. The van der Waals surface area contributed by atoms with Crippen LogP contribution in [0.2, 0.25) is 0 Å². The highest BCUT2D eigenvalue weighted by Gasteiger charge is 2.59. The maximum Gasteiger partial charge on any atom is 0.256 e. The van der Waals surface area contributed by atoms with E-state index in [-0.39, 0.29) is 18.2 Å². The molecule has 0 saturated carbocycles. The third-order valence-electron chi connectivity index (χ3n) is 4.75. The van der Waals surface area contributed by atoms with Crippen molar-refractivity contribution in [1.29, 1.82) is 0 Å². The van der Waals surface area contributed by atoms with Gasteiger partial charge in [0.25, 0.3) is 5.91 Å². The normalized spacial score (nSPS) is 19.1. The van der Waals surface area contributed by atoms with Gasteiger partial charge in [0.15, 0.2) is 5.54 Å². The molecule has 26 heavy (non-hydrogen) atoms. The molecular formula is C21H18N2O2S. The minimum Gasteiger partial charge on any atom is -0.323 e. The summed E-state index contributed by atoms with van der Waals surface area (Å²) < 4.78 is 0. The number of hydrogen-bond donors (Lipinski definition) is 1. The van der Waals surface area contributed by atoms with Crippen LogP contribution < -0.4 is 10.2 Å². The van der Waals surface area contributed by atoms with Gasteiger partial charge < -0.3 is 5.32 Å². The lowest BCUT2D eigenvalue weighted by Gasteiger charge is -2.49. The zero-order valence-electron chi connectivity index (χ0n) is 14.3. The van der Waals surface area contributed by atoms with E-state index in [0.29, 0.717) is 0 Å². The fourth-order valence-electron chi connectivity index (χ4n) is 3.38. The van der Waals surface area contributed by atoms with Gasteiger partial charge in [-0.15, -0.1) is 11.3 Å². The molecule has 0 radical (unpaired) electrons. The summed E-state index contributed by atoms with van der Waals surface area (Å²) in [6.07, 6.45) is 0.167. The predicted molar refractivity (Wildman–Crippen MR) is 104 cm³/mol. The number of nitrogens with one attached hydrogen (secondary N) is 1. The zero-order valence-corrected chi connectivity index (χ0v) is 15.1. The first-order chi connectivity index (χ1) is 12.6. The predicted octanol–water partition coefficient (Wildman–Crippen LogP) is 4.33. The maximum atomic E-state index is 13.4. The third-order valence-corrected chi connectivity index (χ3v) is 5.77. The minimum atomic E-state index is -1.01. The Bertz CT molecular complexity index is 953. The molecule has 130 valence electrons. The molecule has 1 aromatic heterocycles. The number of hydrogen-bond acceptors (Lipinski definition) is 3. The van der Waals surface area contributed by atoms with Crippen molar-refractivity contribution in [2.24, 2.45) is 0 Å². The van der Waals surface area contributed by atoms with E-state index in [1.54, 1.807) is 4.90 Å². The van der Waals surface area contributed by atoms with E-state index in [2.05, 4.69) is 5.32 Å². The number of thiophene rings is 1. The number of para-hydroxylation sites is 2. The second kappa shape index (κ2) is 6.42. The Morgan fingerprint density at radius 1 is 1.04 bits per heavy atom. The van der Waals surface area contributed by atoms with Crippen LogP contribution in [0.1, 0.15) is 16.9 Å². The molecule has 3 aromatic rings. The summed E-state index contributed by atoms with van der Waals surface area (Å²) in [7, 11) is 0. The van der Waals surface area contributed by atoms with Crippen LogP contribution in [0.5, 0.6) is 0 Å². The average molecular weight is 362 g/mol. The molecule has 2 amide bonds. The average Bonchev–Trinajstić information content (AvgIpc) is 3.16. The number of rotatable bonds is 4. The summed E-state index contributed by atoms with van der Waals surface area (Å²) >= 11 is 1.49. The molecule has 1 fully saturated rings. The van der Waals surface area contributed by atoms with Gasteiger partial charge in [0.05, 0.1) is 6.42 Å². The van der Waals surface area contributed by atoms with Crippen molar-refractivity contribution in [1.82, 2.24) is 0 Å². The fourth-order valence-corrected chi connectivity index (χ4v) is 4.30. The third kappa shape index (κ3) is 2.52. The minimum absolute atomic E-state index is 0.0514. The standard InChI is InChI=1S/C21H18N2O2S/c1-15-8-5-6-11-17(15)22-20(25)21(18-12-7-13-26-18)14-19(24)23(21)16-9-3-2-4-10-16/h2-13H,14H2,1H3,(H,22,25). The Morgan fingerprint density at radius 3 is 2.42 bits per heavy atom. The van der Waals surface area contributed by atoms with Crippen LogP contribution in [-0.2, 0) is 15.1 Å². The number of nitrogens with zero attached hydrogens (tertiary/aromatic N) is 1. The summed E-state index contributed by atoms with van der Waals surface area (Å²) in [5.74, 6) is -0.234. The largest absolute Gasteiger partial charge is 0.323 e. The summed E-state index contributed by atoms with van der Waals surface area (Å²) in [6.45, 7) is 1.95. The second-order valence-corrected chi connectivity index (χ2v) is 7.30. The molecule has 1 N–H and O–H groups in total. The monoisotopic (exact) mass is 362 g/mol. The molecule has 4 nitrogen and oxygen atoms in total. The van der Waals surface area contributed by atoms with Crippen molar-refractivity contribution >= 4 is 34.5 Å². The topological polar surface area (TPSA) is 49.4 Å². The molecule has 2 aromatic carbocycles. The van der Waals surface area contributed by atoms with Crippen molar-refractivity contribution in [3.05, 3.63) is 82.6 Å². The highest BCUT2D eigenvalue weighted by atomic mass is 32.1. The number of aryl methyl sites for hydroxylation is 1. The summed E-state index contributed by atoms with van der Waals surface area (Å²) in [5, 5.41) is 4.97. The molecule has 4 rings (SSSR count). The quantitative estimate of drug-likeness (QED) is 0.703. The van der Waals surface area contributed by atoms with Crippen LogP contribution in [0.15, 0.2) is 72.1 Å². The molecule has 5 heteroatoms. The second-order valence-electron chi connectivity index (χ2n) is 6.35. The van der Waals surface area contributed by atoms with Gasteiger partial charge in [-0.1, -0.05) is 42.5 Å². The highest BCUT2D eigenvalue weighted by Crippen LogP contribution is 2.47. The lowest BCUT2D eigenvalue weighted by molar-refractivity contribution is -0.137. The van der Waals surface area contributed by atoms with E-state index in [1.807, 2.05) is 79.0 Å². The van der Waals surface area contributed by atoms with Crippen LogP contribution in [0.25, 0.3) is 0 Å². The van der Waals surface area contributed by atoms with Crippen molar-refractivity contribution in [2.45, 2.75) is 18.9 Å². The lowest BCUT2D eigenvalue weighted by Crippen LogP contribution is -2.67. The first-order valence-electron chi connectivity index (χ1n) is 8.42. The van der Waals surface area contributed by atoms with Crippen LogP contribution >= 0.6 is 11.3 Å². The Labute approximate surface area is 156 Å². The smallest absolute Gasteiger partial charge is 0.256 e. The van der Waals surface area contributed by atoms with Gasteiger partial charge >= 0.3 is 0 Å². The Morgan fingerprint density at radius 2 is 1.77 bits per heavy atom. The first-order valence-corrected chi connectivity index (χ1v) is 9.30. The van der Waals surface area contributed by atoms with Crippen molar-refractivity contribution in [3.8, 4) is 0 Å². The number of carbonyl (C=O) groups is 2. The lowest BCUT2D eigenvalue weighted by atomic mass is 9.80. The van der Waals surface area contributed by atoms with E-state index in [1.165, 1.54) is 11.3 Å². The molecule has 0 bridgehead atoms. The molecule has 1 unspecified atom stereocenters. The van der Waals surface area contributed by atoms with Crippen molar-refractivity contribution in [2.75, 3.05) is 10.2 Å². The molecule has 0 aliphatic carbocycles. The Balaban J connectivity index is 1.77. The maximum absolute atomic E-state index is 13.4. The number of carbonyl (C=O) groups excluding carboxylic acids is 2. The van der Waals surface area contributed by atoms with E-state index in [0.717, 1.165) is 21.8 Å². The van der Waals surface area contributed by atoms with Crippen molar-refractivity contribution in [3.63, 3.8) is 0 Å². The van der Waals surface area contributed by atoms with Gasteiger partial charge in [-0.25, -0.2) is 0 Å². The molecule has 2 heterocycles. The molecule has 1 aliphatic rings. The molecule has 1 saturated heterocycles. The van der Waals surface area contributed by atoms with Gasteiger partial charge in [-0.3, -0.25) is 14.5 Å². The molecule has 0 spiro atoms. The number of β-lactam (4-membered cyclic amide) rings is 1. The van der Waals surface area contributed by atoms with Crippen LogP contribution in [0.3, 0.4) is 0 Å². The highest BCUT2D eigenvalue weighted by molar-refractivity contribution is 7.10. The first kappa shape index (κ1) is 16.5. The summed E-state index contributed by atoms with van der Waals surface area (Å²) in [6, 6.07) is 20.9. The van der Waals surface area contributed by atoms with Gasteiger partial charge in [0.1, 0.15) is 0 Å². The van der Waals surface area contributed by atoms with Gasteiger partial charge in [0, 0.05) is 16.3 Å². The SMILES string of the molecule is Cc1ccccc1NC(=O)C1(c2cccs2)CC(=O)N1c1ccccc1. The summed E-state index contributed by atoms with van der Waals surface area (Å²) in [4.78, 5) is 28.4. The molecular weight excluding hydrogens is 344 g/mol. The fraction of sp³-hybridized carbons (Fsp3) is 0.143. The molecule has 1 aliphatic heterocycles. The zero-order chi connectivity index (χ0) is 18.1. The van der Waals surface area contributed by atoms with E-state index < -0.39 is 5.54 Å². The van der Waals surface area contributed by atoms with Gasteiger partial charge in [-0.05, 0) is 42.1 Å². The molecule has 1 atom stereocenters. The van der Waals surface area contributed by atoms with E-state index in [9.17, 15) is 9.59 Å². The van der Waals surface area contributed by atoms with Crippen LogP contribution in [0, 0.1) is 6.92 Å². The van der Waals surface area contributed by atoms with Gasteiger partial charge in [0.2, 0.25) is 5.91 Å². The Kier molecular flexibility index (Phi) is 4.09. The Hall–Kier alpha value is -2.92. The van der Waals surface area contributed by atoms with E-state index in [4.69, 9.17) is 0 Å². The van der Waals surface area contributed by atoms with Crippen LogP contribution in [-0.4, -0.2) is 11.8 Å². The van der Waals surface area contributed by atoms with Gasteiger partial charge in [-0.2, -0.15) is 0 Å². The number of anilines is 2.